The van der Waals surface area contributed by atoms with E-state index in [0.29, 0.717) is 23.4 Å². The molecule has 1 aromatic rings. The standard InChI is InChI=1S/C12H20N3O2.C9H9NO.C2H6.K/c13-11(6-7-14-8-9-16)15-12(17)10-4-2-1-3-5-10;1-6-3-9(10)4-8(5-11)7(6)2;1-2;/h1,6-7,10,14,16H,2-5,8-9H2,(H2,13,15,17);3-4H,2,10H2,1H3;1-2H3;/q-1;-2;;+1/b7-6-;;;. The molecule has 0 unspecified atom stereocenters. The molecule has 6 N–H and O–H groups in total. The van der Waals surface area contributed by atoms with Crippen LogP contribution in [0.4, 0.5) is 5.69 Å². The van der Waals surface area contributed by atoms with Crippen LogP contribution in [-0.2, 0) is 9.59 Å². The molecule has 1 fully saturated rings. The number of hydrogen-bond acceptors (Lipinski definition) is 5. The first-order valence-electron chi connectivity index (χ1n) is 10.2. The molecule has 0 saturated heterocycles. The van der Waals surface area contributed by atoms with Gasteiger partial charge in [0, 0.05) is 18.7 Å². The van der Waals surface area contributed by atoms with Crippen LogP contribution >= 0.6 is 0 Å². The largest absolute Gasteiger partial charge is 1.00 e. The summed E-state index contributed by atoms with van der Waals surface area (Å²) >= 11 is 0. The van der Waals surface area contributed by atoms with Crippen molar-refractivity contribution in [1.29, 1.82) is 0 Å². The molecule has 168 valence electrons. The minimum atomic E-state index is -0.123. The fourth-order valence-electron chi connectivity index (χ4n) is 2.66. The van der Waals surface area contributed by atoms with E-state index in [1.54, 1.807) is 24.6 Å². The molecule has 1 aliphatic rings. The van der Waals surface area contributed by atoms with Gasteiger partial charge in [-0.05, 0) is 18.0 Å². The number of aliphatic imine (C=N–C) groups is 1. The average molecular weight is 455 g/mol. The van der Waals surface area contributed by atoms with Gasteiger partial charge in [-0.25, -0.2) is 5.56 Å². The predicted molar refractivity (Wildman–Crippen MR) is 123 cm³/mol. The number of aliphatic hydroxyl groups is 1. The van der Waals surface area contributed by atoms with E-state index in [1.807, 2.05) is 20.8 Å². The van der Waals surface area contributed by atoms with E-state index in [4.69, 9.17) is 16.6 Å². The van der Waals surface area contributed by atoms with Crippen molar-refractivity contribution in [2.75, 3.05) is 18.9 Å². The zero-order valence-electron chi connectivity index (χ0n) is 19.3. The molecule has 0 heterocycles. The van der Waals surface area contributed by atoms with Gasteiger partial charge in [-0.1, -0.05) is 33.6 Å². The van der Waals surface area contributed by atoms with Gasteiger partial charge in [-0.3, -0.25) is 22.8 Å². The predicted octanol–water partition coefficient (Wildman–Crippen LogP) is -0.392. The molecule has 31 heavy (non-hydrogen) atoms. The van der Waals surface area contributed by atoms with Crippen molar-refractivity contribution < 1.29 is 66.1 Å². The van der Waals surface area contributed by atoms with Gasteiger partial charge in [0.05, 0.1) is 6.61 Å². The number of nitrogens with zero attached hydrogens (tertiary/aromatic N) is 1. The van der Waals surface area contributed by atoms with Gasteiger partial charge in [0.25, 0.3) is 5.91 Å². The van der Waals surface area contributed by atoms with Crippen molar-refractivity contribution in [3.63, 3.8) is 0 Å². The van der Waals surface area contributed by atoms with Gasteiger partial charge in [0.15, 0.2) is 0 Å². The van der Waals surface area contributed by atoms with Crippen LogP contribution in [0.1, 0.15) is 56.2 Å². The Labute approximate surface area is 229 Å². The number of rotatable bonds is 6. The average Bonchev–Trinajstić information content (AvgIpc) is 2.76. The summed E-state index contributed by atoms with van der Waals surface area (Å²) < 4.78 is 0. The first-order valence-corrected chi connectivity index (χ1v) is 10.2. The van der Waals surface area contributed by atoms with Crippen LogP contribution in [0.25, 0.3) is 0 Å². The number of benzene rings is 1. The Balaban J connectivity index is 0. The Bertz CT molecular complexity index is 715. The van der Waals surface area contributed by atoms with Gasteiger partial charge in [0.1, 0.15) is 5.84 Å². The molecule has 8 heteroatoms. The molecule has 0 aliphatic heterocycles. The second-order valence-electron chi connectivity index (χ2n) is 6.49. The Kier molecular flexibility index (Phi) is 20.2. The maximum atomic E-state index is 11.7. The SMILES string of the molecule is CC.NC(/C=C\NCCO)=NC(=O)C1CC[CH-]CC1.[CH2-]c1c(C)cc(N)cc1[C-]=O.[K+]. The number of amides is 1. The molecule has 2 rings (SSSR count). The van der Waals surface area contributed by atoms with E-state index < -0.39 is 0 Å². The molecule has 1 saturated carbocycles. The van der Waals surface area contributed by atoms with E-state index in [0.717, 1.165) is 31.2 Å². The van der Waals surface area contributed by atoms with Crippen LogP contribution in [0.15, 0.2) is 29.4 Å². The van der Waals surface area contributed by atoms with Crippen molar-refractivity contribution in [3.8, 4) is 0 Å². The zero-order chi connectivity index (χ0) is 22.9. The number of aryl methyl sites for hydroxylation is 1. The molecular weight excluding hydrogens is 419 g/mol. The first-order chi connectivity index (χ1) is 14.4. The van der Waals surface area contributed by atoms with E-state index >= 15 is 0 Å². The second kappa shape index (κ2) is 19.5. The summed E-state index contributed by atoms with van der Waals surface area (Å²) in [5, 5.41) is 11.3. The van der Waals surface area contributed by atoms with Gasteiger partial charge in [0.2, 0.25) is 0 Å². The summed E-state index contributed by atoms with van der Waals surface area (Å²) in [5.74, 6) is 0.106. The minimum absolute atomic E-state index is 0. The monoisotopic (exact) mass is 454 g/mol. The number of anilines is 1. The minimum Gasteiger partial charge on any atom is -0.410 e. The molecule has 1 aliphatic carbocycles. The smallest absolute Gasteiger partial charge is 0.410 e. The molecule has 1 aromatic carbocycles. The summed E-state index contributed by atoms with van der Waals surface area (Å²) in [6, 6.07) is 3.35. The third-order valence-corrected chi connectivity index (χ3v) is 4.26. The summed E-state index contributed by atoms with van der Waals surface area (Å²) in [7, 11) is 0. The normalized spacial score (nSPS) is 13.7. The summed E-state index contributed by atoms with van der Waals surface area (Å²) in [6.45, 7) is 10.1. The number of amidine groups is 1. The van der Waals surface area contributed by atoms with Crippen molar-refractivity contribution in [2.24, 2.45) is 16.6 Å². The topological polar surface area (TPSA) is 131 Å². The van der Waals surface area contributed by atoms with Crippen LogP contribution in [0.2, 0.25) is 0 Å². The van der Waals surface area contributed by atoms with E-state index in [-0.39, 0.29) is 75.7 Å². The van der Waals surface area contributed by atoms with Crippen LogP contribution in [0, 0.1) is 26.2 Å². The van der Waals surface area contributed by atoms with Crippen LogP contribution in [0.5, 0.6) is 0 Å². The molecule has 0 atom stereocenters. The van der Waals surface area contributed by atoms with Gasteiger partial charge in [-0.15, -0.1) is 6.07 Å². The number of hydrogen-bond donors (Lipinski definition) is 4. The first kappa shape index (κ1) is 32.0. The Morgan fingerprint density at radius 2 is 2.00 bits per heavy atom. The third kappa shape index (κ3) is 13.8. The molecule has 0 bridgehead atoms. The molecule has 0 radical (unpaired) electrons. The van der Waals surface area contributed by atoms with E-state index in [1.165, 1.54) is 6.08 Å². The van der Waals surface area contributed by atoms with Crippen LogP contribution < -0.4 is 68.2 Å². The number of nitrogens with two attached hydrogens (primary N) is 2. The maximum absolute atomic E-state index is 11.7. The van der Waals surface area contributed by atoms with E-state index in [9.17, 15) is 9.59 Å². The Hall–Kier alpha value is -1.16. The molecule has 0 spiro atoms. The molecule has 0 aromatic heterocycles. The summed E-state index contributed by atoms with van der Waals surface area (Å²) in [4.78, 5) is 25.9. The second-order valence-corrected chi connectivity index (χ2v) is 6.49. The number of nitrogen functional groups attached to an aromatic ring is 1. The fourth-order valence-corrected chi connectivity index (χ4v) is 2.66. The number of nitrogens with one attached hydrogen (secondary N) is 1. The van der Waals surface area contributed by atoms with Crippen molar-refractivity contribution in [1.82, 2.24) is 5.32 Å². The Morgan fingerprint density at radius 1 is 1.39 bits per heavy atom. The number of carbonyl (C=O) groups is 1. The van der Waals surface area contributed by atoms with E-state index in [2.05, 4.69) is 23.7 Å². The van der Waals surface area contributed by atoms with Crippen LogP contribution in [0.3, 0.4) is 0 Å². The van der Waals surface area contributed by atoms with Crippen molar-refractivity contribution >= 4 is 23.7 Å². The van der Waals surface area contributed by atoms with Crippen LogP contribution in [-0.4, -0.2) is 36.3 Å². The van der Waals surface area contributed by atoms with Crippen molar-refractivity contribution in [3.05, 3.63) is 54.4 Å². The number of carbonyl (C=O) groups excluding carboxylic acids is 2. The van der Waals surface area contributed by atoms with Crippen molar-refractivity contribution in [2.45, 2.75) is 46.5 Å². The summed E-state index contributed by atoms with van der Waals surface area (Å²) in [5.41, 5.74) is 13.7. The molecule has 1 amide bonds. The molecular formula is C23H35KN4O3-2. The van der Waals surface area contributed by atoms with Gasteiger partial charge in [-0.2, -0.15) is 23.9 Å². The Morgan fingerprint density at radius 3 is 2.55 bits per heavy atom. The summed E-state index contributed by atoms with van der Waals surface area (Å²) in [6.07, 6.45) is 10.8. The third-order valence-electron chi connectivity index (χ3n) is 4.26. The fraction of sp³-hybridized carbons (Fsp3) is 0.435. The van der Waals surface area contributed by atoms with Gasteiger partial charge >= 0.3 is 51.4 Å². The zero-order valence-corrected chi connectivity index (χ0v) is 22.4. The quantitative estimate of drug-likeness (QED) is 0.116. The maximum Gasteiger partial charge on any atom is 1.00 e. The molecule has 7 nitrogen and oxygen atoms in total. The van der Waals surface area contributed by atoms with Gasteiger partial charge < -0.3 is 33.1 Å². The number of aliphatic hydroxyl groups excluding tert-OH is 1.